The minimum Gasteiger partial charge on any atom is -0.363 e. The highest BCUT2D eigenvalue weighted by atomic mass is 16.2. The minimum atomic E-state index is -0.735. The van der Waals surface area contributed by atoms with Gasteiger partial charge in [0.05, 0.1) is 5.41 Å². The molecule has 3 amide bonds. The largest absolute Gasteiger partial charge is 0.363 e. The molecule has 0 unspecified atom stereocenters. The van der Waals surface area contributed by atoms with Gasteiger partial charge in [-0.25, -0.2) is 0 Å². The summed E-state index contributed by atoms with van der Waals surface area (Å²) in [6, 6.07) is 16.1. The third-order valence-corrected chi connectivity index (χ3v) is 6.17. The van der Waals surface area contributed by atoms with Crippen molar-refractivity contribution in [2.75, 3.05) is 18.0 Å². The topological polar surface area (TPSA) is 69.7 Å². The highest BCUT2D eigenvalue weighted by molar-refractivity contribution is 6.07. The van der Waals surface area contributed by atoms with E-state index in [4.69, 9.17) is 0 Å². The maximum Gasteiger partial charge on any atom is 0.253 e. The summed E-state index contributed by atoms with van der Waals surface area (Å²) in [6.07, 6.45) is 0.721. The number of fused-ring (bicyclic) bond motifs is 1. The molecule has 1 N–H and O–H groups in total. The van der Waals surface area contributed by atoms with Crippen molar-refractivity contribution in [3.05, 3.63) is 65.2 Å². The molecular weight excluding hydrogens is 354 g/mol. The molecule has 3 aliphatic heterocycles. The normalized spacial score (nSPS) is 23.4. The summed E-state index contributed by atoms with van der Waals surface area (Å²) in [5, 5.41) is 2.38. The van der Waals surface area contributed by atoms with Crippen LogP contribution < -0.4 is 10.2 Å². The van der Waals surface area contributed by atoms with Gasteiger partial charge in [-0.3, -0.25) is 19.7 Å². The van der Waals surface area contributed by atoms with E-state index in [9.17, 15) is 14.4 Å². The Hall–Kier alpha value is -3.15. The molecule has 2 fully saturated rings. The van der Waals surface area contributed by atoms with Crippen molar-refractivity contribution in [3.8, 4) is 0 Å². The van der Waals surface area contributed by atoms with Crippen molar-refractivity contribution in [1.82, 2.24) is 10.2 Å². The van der Waals surface area contributed by atoms with E-state index in [0.717, 1.165) is 18.8 Å². The molecule has 0 aromatic heterocycles. The lowest BCUT2D eigenvalue weighted by atomic mass is 9.85. The third-order valence-electron chi connectivity index (χ3n) is 6.17. The number of hydrogen-bond donors (Lipinski definition) is 1. The Bertz CT molecular complexity index is 977. The average molecular weight is 375 g/mol. The second kappa shape index (κ2) is 6.19. The Morgan fingerprint density at radius 2 is 1.75 bits per heavy atom. The molecule has 1 spiro atoms. The molecule has 2 saturated heterocycles. The van der Waals surface area contributed by atoms with E-state index in [2.05, 4.69) is 34.5 Å². The summed E-state index contributed by atoms with van der Waals surface area (Å²) in [5.74, 6) is -0.561. The molecule has 0 aliphatic carbocycles. The van der Waals surface area contributed by atoms with Gasteiger partial charge in [-0.1, -0.05) is 30.3 Å². The lowest BCUT2D eigenvalue weighted by Gasteiger charge is -2.22. The number of hydrogen-bond acceptors (Lipinski definition) is 4. The first-order valence-electron chi connectivity index (χ1n) is 9.59. The fourth-order valence-corrected chi connectivity index (χ4v) is 4.60. The summed E-state index contributed by atoms with van der Waals surface area (Å²) in [4.78, 5) is 40.8. The van der Waals surface area contributed by atoms with Crippen LogP contribution >= 0.6 is 0 Å². The van der Waals surface area contributed by atoms with Gasteiger partial charge in [0.2, 0.25) is 11.8 Å². The van der Waals surface area contributed by atoms with Gasteiger partial charge in [0.15, 0.2) is 0 Å². The molecule has 0 radical (unpaired) electrons. The highest BCUT2D eigenvalue weighted by Crippen LogP contribution is 2.38. The van der Waals surface area contributed by atoms with Crippen molar-refractivity contribution in [1.29, 1.82) is 0 Å². The van der Waals surface area contributed by atoms with E-state index >= 15 is 0 Å². The summed E-state index contributed by atoms with van der Waals surface area (Å²) < 4.78 is 0. The Morgan fingerprint density at radius 3 is 2.43 bits per heavy atom. The van der Waals surface area contributed by atoms with E-state index < -0.39 is 5.41 Å². The van der Waals surface area contributed by atoms with Crippen LogP contribution in [0.1, 0.15) is 34.3 Å². The Balaban J connectivity index is 1.34. The van der Waals surface area contributed by atoms with Gasteiger partial charge in [0.1, 0.15) is 0 Å². The summed E-state index contributed by atoms with van der Waals surface area (Å²) >= 11 is 0. The molecular formula is C22H21N3O3. The van der Waals surface area contributed by atoms with E-state index in [1.165, 1.54) is 11.1 Å². The molecule has 6 nitrogen and oxygen atoms in total. The van der Waals surface area contributed by atoms with Gasteiger partial charge in [0, 0.05) is 43.9 Å². The van der Waals surface area contributed by atoms with E-state index in [-0.39, 0.29) is 24.1 Å². The Labute approximate surface area is 163 Å². The van der Waals surface area contributed by atoms with Crippen LogP contribution in [0, 0.1) is 5.41 Å². The van der Waals surface area contributed by atoms with Crippen LogP contribution in [0.5, 0.6) is 0 Å². The predicted molar refractivity (Wildman–Crippen MR) is 103 cm³/mol. The first-order valence-corrected chi connectivity index (χ1v) is 9.59. The predicted octanol–water partition coefficient (Wildman–Crippen LogP) is 2.09. The van der Waals surface area contributed by atoms with Gasteiger partial charge in [0.25, 0.3) is 5.91 Å². The highest BCUT2D eigenvalue weighted by Gasteiger charge is 2.51. The number of amides is 3. The van der Waals surface area contributed by atoms with E-state index in [1.807, 2.05) is 24.3 Å². The van der Waals surface area contributed by atoms with Crippen LogP contribution in [-0.4, -0.2) is 35.7 Å². The number of imide groups is 1. The second-order valence-corrected chi connectivity index (χ2v) is 7.99. The summed E-state index contributed by atoms with van der Waals surface area (Å²) in [7, 11) is 0. The summed E-state index contributed by atoms with van der Waals surface area (Å²) in [6.45, 7) is 2.48. The average Bonchev–Trinajstić information content (AvgIpc) is 3.39. The number of nitrogens with one attached hydrogen (secondary N) is 1. The van der Waals surface area contributed by atoms with Gasteiger partial charge < -0.3 is 9.80 Å². The van der Waals surface area contributed by atoms with Crippen molar-refractivity contribution in [2.45, 2.75) is 25.9 Å². The lowest BCUT2D eigenvalue weighted by Crippen LogP contribution is -2.36. The third kappa shape index (κ3) is 2.68. The van der Waals surface area contributed by atoms with Crippen molar-refractivity contribution < 1.29 is 14.4 Å². The molecule has 3 aliphatic rings. The van der Waals surface area contributed by atoms with Gasteiger partial charge in [-0.15, -0.1) is 0 Å². The standard InChI is InChI=1S/C22H21N3O3/c26-19-11-22(21(28)23-19)8-9-24(14-22)20(27)15-6-3-7-18(10-15)25-12-16-4-1-2-5-17(16)13-25/h1-7,10H,8-9,11-14H2,(H,23,26,28)/t22-/m1/s1. The number of carbonyl (C=O) groups excluding carboxylic acids is 3. The maximum atomic E-state index is 13.1. The Kier molecular flexibility index (Phi) is 3.75. The van der Waals surface area contributed by atoms with E-state index in [0.29, 0.717) is 25.1 Å². The number of benzene rings is 2. The molecule has 2 aromatic rings. The first-order chi connectivity index (χ1) is 13.5. The molecule has 0 saturated carbocycles. The van der Waals surface area contributed by atoms with E-state index in [1.54, 1.807) is 4.90 Å². The molecule has 5 rings (SSSR count). The number of rotatable bonds is 2. The number of nitrogens with zero attached hydrogens (tertiary/aromatic N) is 2. The lowest BCUT2D eigenvalue weighted by molar-refractivity contribution is -0.128. The zero-order valence-corrected chi connectivity index (χ0v) is 15.5. The minimum absolute atomic E-state index is 0.0809. The molecule has 6 heteroatoms. The van der Waals surface area contributed by atoms with Crippen molar-refractivity contribution >= 4 is 23.4 Å². The SMILES string of the molecule is O=C1C[C@@]2(CCN(C(=O)c3cccc(N4Cc5ccccc5C4)c3)C2)C(=O)N1. The molecule has 3 heterocycles. The zero-order valence-electron chi connectivity index (χ0n) is 15.5. The number of likely N-dealkylation sites (tertiary alicyclic amines) is 1. The van der Waals surface area contributed by atoms with Crippen LogP contribution in [-0.2, 0) is 22.7 Å². The number of carbonyl (C=O) groups is 3. The fourth-order valence-electron chi connectivity index (χ4n) is 4.60. The summed E-state index contributed by atoms with van der Waals surface area (Å²) in [5.41, 5.74) is 3.54. The molecule has 142 valence electrons. The smallest absolute Gasteiger partial charge is 0.253 e. The fraction of sp³-hybridized carbons (Fsp3) is 0.318. The molecule has 28 heavy (non-hydrogen) atoms. The van der Waals surface area contributed by atoms with Gasteiger partial charge >= 0.3 is 0 Å². The molecule has 0 bridgehead atoms. The van der Waals surface area contributed by atoms with Crippen LogP contribution in [0.15, 0.2) is 48.5 Å². The maximum absolute atomic E-state index is 13.1. The second-order valence-electron chi connectivity index (χ2n) is 7.99. The molecule has 2 aromatic carbocycles. The van der Waals surface area contributed by atoms with Crippen LogP contribution in [0.3, 0.4) is 0 Å². The van der Waals surface area contributed by atoms with Gasteiger partial charge in [-0.05, 0) is 35.7 Å². The Morgan fingerprint density at radius 1 is 1.00 bits per heavy atom. The zero-order chi connectivity index (χ0) is 19.3. The monoisotopic (exact) mass is 375 g/mol. The first kappa shape index (κ1) is 17.0. The quantitative estimate of drug-likeness (QED) is 0.816. The van der Waals surface area contributed by atoms with Crippen molar-refractivity contribution in [2.24, 2.45) is 5.41 Å². The van der Waals surface area contributed by atoms with Crippen molar-refractivity contribution in [3.63, 3.8) is 0 Å². The number of anilines is 1. The van der Waals surface area contributed by atoms with Crippen LogP contribution in [0.25, 0.3) is 0 Å². The van der Waals surface area contributed by atoms with Gasteiger partial charge in [-0.2, -0.15) is 0 Å². The van der Waals surface area contributed by atoms with Crippen LogP contribution in [0.2, 0.25) is 0 Å². The van der Waals surface area contributed by atoms with Crippen LogP contribution in [0.4, 0.5) is 5.69 Å². The molecule has 1 atom stereocenters.